The number of nitrogens with zero attached hydrogens (tertiary/aromatic N) is 2. The Morgan fingerprint density at radius 3 is 1.07 bits per heavy atom. The average molecular weight is 1390 g/mol. The van der Waals surface area contributed by atoms with E-state index in [0.29, 0.717) is 5.06 Å². The lowest BCUT2D eigenvalue weighted by Crippen LogP contribution is -2.33. The second kappa shape index (κ2) is 75.0. The van der Waals surface area contributed by atoms with Gasteiger partial charge in [-0.05, 0) is 44.0 Å². The molecule has 0 aliphatic carbocycles. The van der Waals surface area contributed by atoms with Gasteiger partial charge in [0.15, 0.2) is 0 Å². The van der Waals surface area contributed by atoms with Crippen LogP contribution in [0.25, 0.3) is 0 Å². The van der Waals surface area contributed by atoms with Gasteiger partial charge < -0.3 is 87.6 Å². The topological polar surface area (TPSA) is 515 Å². The van der Waals surface area contributed by atoms with Gasteiger partial charge in [0.05, 0.1) is 25.4 Å². The normalized spacial score (nSPS) is 12.2. The number of esters is 2. The molecular weight excluding hydrogens is 1320 g/mol. The van der Waals surface area contributed by atoms with Gasteiger partial charge in [0, 0.05) is 82.6 Å². The lowest BCUT2D eigenvalue weighted by Gasteiger charge is -2.15. The molecule has 2 fully saturated rings. The van der Waals surface area contributed by atoms with E-state index in [-0.39, 0.29) is 135 Å². The number of hydrogen-bond acceptors (Lipinski definition) is 30. The van der Waals surface area contributed by atoms with Crippen LogP contribution in [0.5, 0.6) is 0 Å². The fraction of sp³-hybridized carbons (Fsp3) is 0.667. The Labute approximate surface area is 519 Å². The number of carboxylic acids is 3. The lowest BCUT2D eigenvalue weighted by atomic mass is 10.3. The van der Waals surface area contributed by atoms with Gasteiger partial charge in [-0.2, -0.15) is 13.5 Å². The van der Waals surface area contributed by atoms with Crippen LogP contribution in [0.2, 0.25) is 0 Å². The van der Waals surface area contributed by atoms with E-state index >= 15 is 0 Å². The molecule has 0 bridgehead atoms. The molecule has 3 unspecified atom stereocenters. The maximum atomic E-state index is 11.5. The van der Waals surface area contributed by atoms with E-state index in [4.69, 9.17) is 81.8 Å². The average Bonchev–Trinajstić information content (AvgIpc) is 3.84. The first-order chi connectivity index (χ1) is 39.2. The zero-order chi connectivity index (χ0) is 67.0. The Morgan fingerprint density at radius 1 is 0.576 bits per heavy atom. The van der Waals surface area contributed by atoms with Crippen molar-refractivity contribution in [3.05, 3.63) is 0 Å². The zero-order valence-corrected chi connectivity index (χ0v) is 52.1. The van der Waals surface area contributed by atoms with Gasteiger partial charge in [-0.3, -0.25) is 43.6 Å². The third-order valence-corrected chi connectivity index (χ3v) is 6.60. The molecule has 3 atom stereocenters. The molecule has 0 aromatic carbocycles. The van der Waals surface area contributed by atoms with E-state index < -0.39 is 109 Å². The summed E-state index contributed by atoms with van der Waals surface area (Å²) in [5.41, 5.74) is 0. The number of aliphatic carboxylic acids is 3. The van der Waals surface area contributed by atoms with Crippen molar-refractivity contribution < 1.29 is 164 Å². The highest BCUT2D eigenvalue weighted by atomic mass is 36.0. The minimum Gasteiger partial charge on any atom is -0.481 e. The maximum Gasteiger partial charge on any atom is 0.336 e. The number of hydroxylamine groups is 4. The van der Waals surface area contributed by atoms with E-state index in [0.717, 1.165) is 0 Å². The van der Waals surface area contributed by atoms with Gasteiger partial charge >= 0.3 is 47.4 Å². The van der Waals surface area contributed by atoms with Crippen LogP contribution in [0.1, 0.15) is 67.1 Å². The second-order valence-corrected chi connectivity index (χ2v) is 17.1. The monoisotopic (exact) mass is 1390 g/mol. The van der Waals surface area contributed by atoms with Crippen LogP contribution in [0.15, 0.2) is 0 Å². The number of halogens is 5. The van der Waals surface area contributed by atoms with Crippen LogP contribution in [0.3, 0.4) is 0 Å². The highest BCUT2D eigenvalue weighted by Crippen LogP contribution is 2.13. The lowest BCUT2D eigenvalue weighted by molar-refractivity contribution is -0.199. The summed E-state index contributed by atoms with van der Waals surface area (Å²) in [6.45, 7) is 3.60. The summed E-state index contributed by atoms with van der Waals surface area (Å²) in [5, 5.41) is 40.6. The van der Waals surface area contributed by atoms with Crippen LogP contribution in [-0.4, -0.2) is 245 Å². The molecule has 0 radical (unpaired) electrons. The largest absolute Gasteiger partial charge is 0.481 e. The zero-order valence-electron chi connectivity index (χ0n) is 47.6. The molecule has 2 aliphatic heterocycles. The van der Waals surface area contributed by atoms with Crippen LogP contribution >= 0.6 is 57.0 Å². The number of ether oxygens (including phenoxy) is 12. The Morgan fingerprint density at radius 2 is 0.847 bits per heavy atom. The van der Waals surface area contributed by atoms with Crippen molar-refractivity contribution in [3.8, 4) is 12.8 Å². The maximum absolute atomic E-state index is 11.5. The summed E-state index contributed by atoms with van der Waals surface area (Å²) < 4.78 is 86.4. The Bertz CT molecular complexity index is 1890. The number of aliphatic hydroxyl groups excluding tert-OH is 1. The quantitative estimate of drug-likeness (QED) is 0.0121. The smallest absolute Gasteiger partial charge is 0.336 e. The van der Waals surface area contributed by atoms with Crippen LogP contribution in [0, 0.1) is 12.8 Å². The minimum atomic E-state index is -1.67. The van der Waals surface area contributed by atoms with Crippen LogP contribution in [0.4, 0.5) is 0 Å². The van der Waals surface area contributed by atoms with Crippen molar-refractivity contribution in [1.29, 1.82) is 0 Å². The number of rotatable bonds is 29. The number of imide groups is 2. The number of amides is 4. The number of carbonyl (C=O) groups is 12. The summed E-state index contributed by atoms with van der Waals surface area (Å²) in [6.07, 6.45) is 3.29. The molecule has 500 valence electrons. The van der Waals surface area contributed by atoms with E-state index in [2.05, 4.69) is 70.5 Å². The van der Waals surface area contributed by atoms with E-state index in [1.165, 1.54) is 62.7 Å². The second-order valence-electron chi connectivity index (χ2n) is 13.6. The first kappa shape index (κ1) is 98.9. The minimum absolute atomic E-state index is 0. The number of terminal acetylenes is 1. The Kier molecular flexibility index (Phi) is 87.3. The van der Waals surface area contributed by atoms with Gasteiger partial charge in [0.25, 0.3) is 23.6 Å². The number of hydrogen-bond donors (Lipinski definition) is 5. The highest BCUT2D eigenvalue weighted by molar-refractivity contribution is 8.26. The van der Waals surface area contributed by atoms with Crippen LogP contribution < -0.4 is 0 Å². The molecule has 36 nitrogen and oxygen atoms in total. The van der Waals surface area contributed by atoms with Crippen molar-refractivity contribution in [2.45, 2.75) is 84.0 Å². The molecule has 2 saturated heterocycles. The molecule has 2 aliphatic rings. The van der Waals surface area contributed by atoms with Crippen molar-refractivity contribution in [2.75, 3.05) is 103 Å². The Balaban J connectivity index is -0.0000000984. The van der Waals surface area contributed by atoms with Crippen molar-refractivity contribution in [3.63, 3.8) is 0 Å². The molecule has 43 heteroatoms. The SMILES string of the molecule is CC(O)CC(=O)O.COCOCC(=O)Cl.COCOCC(=O)Cl.COCOCC(=O)O.COCOCC(=O)OC(C)CC(=O)O.COCOCC(=O)OC(C)CC(=O)ON1C(=O)CCC1=O.Cl.O.O=C1CCC(=O)N1O.O=S(Cl)Cl.O=S=O.[2H]C#C. The third-order valence-electron chi connectivity index (χ3n) is 6.38. The number of carboxylic acid groups (broad SMARTS) is 3. The van der Waals surface area contributed by atoms with Crippen molar-refractivity contribution in [2.24, 2.45) is 0 Å². The predicted octanol–water partition coefficient (Wildman–Crippen LogP) is -0.429. The highest BCUT2D eigenvalue weighted by Gasteiger charge is 2.33. The number of carbonyl (C=O) groups excluding carboxylic acids is 9. The van der Waals surface area contributed by atoms with E-state index in [1.807, 2.05) is 0 Å². The molecule has 2 rings (SSSR count). The molecule has 85 heavy (non-hydrogen) atoms. The van der Waals surface area contributed by atoms with Gasteiger partial charge in [0.2, 0.25) is 19.7 Å². The summed E-state index contributed by atoms with van der Waals surface area (Å²) >= 11 is 9.04. The fourth-order valence-electron chi connectivity index (χ4n) is 3.73. The molecule has 4 amide bonds. The van der Waals surface area contributed by atoms with Crippen molar-refractivity contribution >= 4 is 148 Å². The first-order valence-electron chi connectivity index (χ1n) is 22.3. The molecule has 0 aromatic heterocycles. The summed E-state index contributed by atoms with van der Waals surface area (Å²) in [6, 6.07) is 0. The van der Waals surface area contributed by atoms with Gasteiger partial charge in [-0.15, -0.1) is 30.3 Å². The number of methoxy groups -OCH3 is 5. The molecule has 0 saturated carbocycles. The van der Waals surface area contributed by atoms with Crippen LogP contribution in [-0.2, 0) is 140 Å². The Hall–Kier alpha value is -5.10. The summed E-state index contributed by atoms with van der Waals surface area (Å²) in [5.74, 6) is -7.20. The van der Waals surface area contributed by atoms with E-state index in [1.54, 1.807) is 0 Å². The molecular formula is C42H71Cl5N2O34S2. The van der Waals surface area contributed by atoms with Crippen molar-refractivity contribution in [1.82, 2.24) is 10.1 Å². The predicted molar refractivity (Wildman–Crippen MR) is 290 cm³/mol. The first-order valence-corrected chi connectivity index (χ1v) is 26.0. The number of aliphatic hydroxyl groups is 1. The van der Waals surface area contributed by atoms with Gasteiger partial charge in [-0.1, -0.05) is 0 Å². The fourth-order valence-corrected chi connectivity index (χ4v) is 3.89. The molecule has 0 spiro atoms. The van der Waals surface area contributed by atoms with Gasteiger partial charge in [-0.25, -0.2) is 23.4 Å². The molecule has 2 heterocycles. The molecule has 0 aromatic rings. The summed E-state index contributed by atoms with van der Waals surface area (Å²) in [7, 11) is 14.6. The van der Waals surface area contributed by atoms with E-state index in [9.17, 15) is 57.5 Å². The third kappa shape index (κ3) is 95.5. The summed E-state index contributed by atoms with van der Waals surface area (Å²) in [4.78, 5) is 131. The molecule has 7 N–H and O–H groups in total. The van der Waals surface area contributed by atoms with Gasteiger partial charge in [0.1, 0.15) is 80.6 Å². The standard InChI is InChI=1S/C12H17NO8.C8H14O6.2C4H7ClO3.C4H5NO3.C4H8O4.C4H8O3.C2H2.Cl2OS.ClH.O2S.H2O/c1-8(20-12(17)6-19-7-18-2)5-11(16)21-13-9(14)3-4-10(13)15;1-6(3-7(9)10)14-8(11)4-13-5-12-2;2*1-7-3-8-2-4(5)6;6-3-1-2-4(7)5(3)8;1-7-3-8-2-4(5)6;1-3(5)2-4(6)7;1-2;1-4(2)3;;1-3-2;/h8H,3-7H2,1-2H3;6H,3-5H2,1-2H3,(H,9,10);2*2-3H2,1H3;8H,1-2H2;2-3H2,1H3,(H,5,6);3,5H,2H2,1H3,(H,6,7);1-2H;;1H;;1H2/i;;;;;;;1D;;;;.